The van der Waals surface area contributed by atoms with Crippen LogP contribution in [-0.4, -0.2) is 44.3 Å². The van der Waals surface area contributed by atoms with Gasteiger partial charge in [0.05, 0.1) is 14.2 Å². The maximum atomic E-state index is 12.6. The molecule has 0 heterocycles. The molecule has 0 aliphatic heterocycles. The molecular formula is C23H29N3O6. The van der Waals surface area contributed by atoms with Gasteiger partial charge in [0.25, 0.3) is 5.91 Å². The standard InChI is InChI=1S/C23H29N3O6/c1-23(2,3)32-22(29)25-14-20(27)26-19-9-7-6-8-15(19)13-24-21(28)16-10-17(30-4)12-18(11-16)31-5/h6-12H,13-14H2,1-5H3,(H,24,28)(H,25,29)(H,26,27). The van der Waals surface area contributed by atoms with Gasteiger partial charge in [-0.1, -0.05) is 18.2 Å². The highest BCUT2D eigenvalue weighted by atomic mass is 16.6. The van der Waals surface area contributed by atoms with Crippen LogP contribution in [-0.2, 0) is 16.1 Å². The first kappa shape index (κ1) is 24.5. The van der Waals surface area contributed by atoms with Crippen molar-refractivity contribution in [2.24, 2.45) is 0 Å². The van der Waals surface area contributed by atoms with E-state index in [1.807, 2.05) is 0 Å². The van der Waals surface area contributed by atoms with E-state index in [4.69, 9.17) is 14.2 Å². The molecule has 0 aliphatic carbocycles. The summed E-state index contributed by atoms with van der Waals surface area (Å²) in [5.74, 6) is 0.251. The number of ether oxygens (including phenoxy) is 3. The number of amides is 3. The van der Waals surface area contributed by atoms with Crippen molar-refractivity contribution in [2.75, 3.05) is 26.1 Å². The van der Waals surface area contributed by atoms with Gasteiger partial charge in [-0.15, -0.1) is 0 Å². The molecule has 32 heavy (non-hydrogen) atoms. The Kier molecular flexibility index (Phi) is 8.46. The summed E-state index contributed by atoms with van der Waals surface area (Å²) in [7, 11) is 3.01. The number of hydrogen-bond donors (Lipinski definition) is 3. The summed E-state index contributed by atoms with van der Waals surface area (Å²) in [6.45, 7) is 5.13. The van der Waals surface area contributed by atoms with Crippen LogP contribution in [0.2, 0.25) is 0 Å². The van der Waals surface area contributed by atoms with Crippen molar-refractivity contribution in [2.45, 2.75) is 32.9 Å². The Hall–Kier alpha value is -3.75. The second kappa shape index (κ2) is 11.0. The zero-order valence-corrected chi connectivity index (χ0v) is 18.9. The van der Waals surface area contributed by atoms with E-state index in [2.05, 4.69) is 16.0 Å². The zero-order valence-electron chi connectivity index (χ0n) is 18.9. The van der Waals surface area contributed by atoms with Gasteiger partial charge in [-0.25, -0.2) is 4.79 Å². The van der Waals surface area contributed by atoms with Crippen LogP contribution in [0.15, 0.2) is 42.5 Å². The summed E-state index contributed by atoms with van der Waals surface area (Å²) >= 11 is 0. The summed E-state index contributed by atoms with van der Waals surface area (Å²) in [5.41, 5.74) is 0.940. The van der Waals surface area contributed by atoms with E-state index >= 15 is 0 Å². The van der Waals surface area contributed by atoms with Gasteiger partial charge in [0, 0.05) is 23.9 Å². The lowest BCUT2D eigenvalue weighted by Crippen LogP contribution is -2.37. The third-order valence-corrected chi connectivity index (χ3v) is 4.14. The minimum Gasteiger partial charge on any atom is -0.497 e. The lowest BCUT2D eigenvalue weighted by molar-refractivity contribution is -0.115. The first-order chi connectivity index (χ1) is 15.1. The van der Waals surface area contributed by atoms with Gasteiger partial charge in [-0.2, -0.15) is 0 Å². The number of carbonyl (C=O) groups excluding carboxylic acids is 3. The zero-order chi connectivity index (χ0) is 23.7. The molecule has 0 fully saturated rings. The number of benzene rings is 2. The minimum atomic E-state index is -0.679. The van der Waals surface area contributed by atoms with Crippen LogP contribution < -0.4 is 25.4 Å². The van der Waals surface area contributed by atoms with Crippen LogP contribution in [0.3, 0.4) is 0 Å². The maximum absolute atomic E-state index is 12.6. The van der Waals surface area contributed by atoms with Gasteiger partial charge in [0.15, 0.2) is 0 Å². The molecule has 3 amide bonds. The van der Waals surface area contributed by atoms with Crippen molar-refractivity contribution >= 4 is 23.6 Å². The maximum Gasteiger partial charge on any atom is 0.408 e. The molecule has 0 unspecified atom stereocenters. The van der Waals surface area contributed by atoms with E-state index in [1.165, 1.54) is 14.2 Å². The van der Waals surface area contributed by atoms with Crippen LogP contribution in [0, 0.1) is 0 Å². The molecule has 172 valence electrons. The third kappa shape index (κ3) is 7.82. The average molecular weight is 444 g/mol. The van der Waals surface area contributed by atoms with Gasteiger partial charge in [0.2, 0.25) is 5.91 Å². The van der Waals surface area contributed by atoms with E-state index < -0.39 is 17.6 Å². The van der Waals surface area contributed by atoms with E-state index in [1.54, 1.807) is 63.2 Å². The lowest BCUT2D eigenvalue weighted by atomic mass is 10.1. The first-order valence-electron chi connectivity index (χ1n) is 9.97. The number of carbonyl (C=O) groups is 3. The Morgan fingerprint density at radius 1 is 0.906 bits per heavy atom. The minimum absolute atomic E-state index is 0.175. The highest BCUT2D eigenvalue weighted by molar-refractivity contribution is 5.96. The molecule has 0 saturated carbocycles. The highest BCUT2D eigenvalue weighted by Crippen LogP contribution is 2.22. The Morgan fingerprint density at radius 2 is 1.53 bits per heavy atom. The van der Waals surface area contributed by atoms with Crippen molar-refractivity contribution in [3.8, 4) is 11.5 Å². The second-order valence-electron chi connectivity index (χ2n) is 7.84. The number of hydrogen-bond acceptors (Lipinski definition) is 6. The monoisotopic (exact) mass is 443 g/mol. The van der Waals surface area contributed by atoms with Crippen molar-refractivity contribution in [1.82, 2.24) is 10.6 Å². The molecule has 0 radical (unpaired) electrons. The molecule has 2 aromatic carbocycles. The largest absolute Gasteiger partial charge is 0.497 e. The normalized spacial score (nSPS) is 10.7. The molecule has 0 aromatic heterocycles. The van der Waals surface area contributed by atoms with Gasteiger partial charge in [-0.05, 0) is 44.5 Å². The molecule has 0 saturated heterocycles. The molecule has 2 aromatic rings. The highest BCUT2D eigenvalue weighted by Gasteiger charge is 2.17. The Labute approximate surface area is 187 Å². The van der Waals surface area contributed by atoms with Crippen LogP contribution in [0.4, 0.5) is 10.5 Å². The quantitative estimate of drug-likeness (QED) is 0.578. The van der Waals surface area contributed by atoms with Crippen LogP contribution in [0.1, 0.15) is 36.7 Å². The van der Waals surface area contributed by atoms with E-state index in [-0.39, 0.29) is 19.0 Å². The number of nitrogens with one attached hydrogen (secondary N) is 3. The molecule has 0 bridgehead atoms. The Balaban J connectivity index is 1.98. The summed E-state index contributed by atoms with van der Waals surface area (Å²) in [4.78, 5) is 36.6. The molecular weight excluding hydrogens is 414 g/mol. The topological polar surface area (TPSA) is 115 Å². The number of alkyl carbamates (subject to hydrolysis) is 1. The lowest BCUT2D eigenvalue weighted by Gasteiger charge is -2.19. The molecule has 0 spiro atoms. The third-order valence-electron chi connectivity index (χ3n) is 4.14. The SMILES string of the molecule is COc1cc(OC)cc(C(=O)NCc2ccccc2NC(=O)CNC(=O)OC(C)(C)C)c1. The van der Waals surface area contributed by atoms with Gasteiger partial charge >= 0.3 is 6.09 Å². The molecule has 3 N–H and O–H groups in total. The fourth-order valence-corrected chi connectivity index (χ4v) is 2.67. The number of methoxy groups -OCH3 is 2. The van der Waals surface area contributed by atoms with Crippen molar-refractivity contribution in [3.05, 3.63) is 53.6 Å². The van der Waals surface area contributed by atoms with Crippen molar-refractivity contribution in [1.29, 1.82) is 0 Å². The van der Waals surface area contributed by atoms with E-state index in [0.717, 1.165) is 0 Å². The summed E-state index contributed by atoms with van der Waals surface area (Å²) in [6, 6.07) is 11.9. The predicted molar refractivity (Wildman–Crippen MR) is 120 cm³/mol. The molecule has 2 rings (SSSR count). The smallest absolute Gasteiger partial charge is 0.408 e. The van der Waals surface area contributed by atoms with E-state index in [0.29, 0.717) is 28.3 Å². The summed E-state index contributed by atoms with van der Waals surface area (Å²) in [5, 5.41) is 7.95. The van der Waals surface area contributed by atoms with Gasteiger partial charge < -0.3 is 30.2 Å². The number of rotatable bonds is 8. The number of anilines is 1. The predicted octanol–water partition coefficient (Wildman–Crippen LogP) is 3.10. The fraction of sp³-hybridized carbons (Fsp3) is 0.348. The van der Waals surface area contributed by atoms with Crippen LogP contribution in [0.25, 0.3) is 0 Å². The molecule has 0 aliphatic rings. The fourth-order valence-electron chi connectivity index (χ4n) is 2.67. The first-order valence-corrected chi connectivity index (χ1v) is 9.97. The number of para-hydroxylation sites is 1. The van der Waals surface area contributed by atoms with Gasteiger partial charge in [0.1, 0.15) is 23.6 Å². The Bertz CT molecular complexity index is 946. The van der Waals surface area contributed by atoms with Crippen molar-refractivity contribution in [3.63, 3.8) is 0 Å². The summed E-state index contributed by atoms with van der Waals surface area (Å²) in [6.07, 6.45) is -0.679. The van der Waals surface area contributed by atoms with Crippen molar-refractivity contribution < 1.29 is 28.6 Å². The second-order valence-corrected chi connectivity index (χ2v) is 7.84. The molecule has 0 atom stereocenters. The average Bonchev–Trinajstić information content (AvgIpc) is 2.75. The van der Waals surface area contributed by atoms with Gasteiger partial charge in [-0.3, -0.25) is 9.59 Å². The molecule has 9 heteroatoms. The van der Waals surface area contributed by atoms with Crippen LogP contribution >= 0.6 is 0 Å². The van der Waals surface area contributed by atoms with E-state index in [9.17, 15) is 14.4 Å². The summed E-state index contributed by atoms with van der Waals surface area (Å²) < 4.78 is 15.5. The molecule has 9 nitrogen and oxygen atoms in total. The Morgan fingerprint density at radius 3 is 2.12 bits per heavy atom. The van der Waals surface area contributed by atoms with Crippen LogP contribution in [0.5, 0.6) is 11.5 Å².